The zero-order valence-electron chi connectivity index (χ0n) is 15.2. The van der Waals surface area contributed by atoms with Crippen molar-refractivity contribution in [3.63, 3.8) is 0 Å². The SMILES string of the molecule is C[C@@H](c1ccccc1)c1nccn1-c1cccc(N2C(=O)CN(C)C2=O)c1. The zero-order chi connectivity index (χ0) is 19.0. The van der Waals surface area contributed by atoms with Crippen LogP contribution in [0.15, 0.2) is 67.0 Å². The predicted octanol–water partition coefficient (Wildman–Crippen LogP) is 3.42. The van der Waals surface area contributed by atoms with E-state index >= 15 is 0 Å². The van der Waals surface area contributed by atoms with Gasteiger partial charge in [-0.1, -0.05) is 43.3 Å². The lowest BCUT2D eigenvalue weighted by molar-refractivity contribution is -0.116. The van der Waals surface area contributed by atoms with E-state index in [4.69, 9.17) is 0 Å². The molecule has 0 spiro atoms. The monoisotopic (exact) mass is 360 g/mol. The van der Waals surface area contributed by atoms with E-state index in [1.807, 2.05) is 47.2 Å². The van der Waals surface area contributed by atoms with Crippen LogP contribution < -0.4 is 4.90 Å². The standard InChI is InChI=1S/C21H20N4O2/c1-15(16-7-4-3-5-8-16)20-22-11-12-24(20)17-9-6-10-18(13-17)25-19(26)14-23(2)21(25)27/h3-13,15H,14H2,1-2H3/t15-/m0/s1. The topological polar surface area (TPSA) is 58.4 Å². The Morgan fingerprint density at radius 1 is 1.00 bits per heavy atom. The fraction of sp³-hybridized carbons (Fsp3) is 0.190. The molecule has 0 saturated carbocycles. The number of amides is 3. The molecular formula is C21H20N4O2. The Labute approximate surface area is 157 Å². The maximum absolute atomic E-state index is 12.3. The van der Waals surface area contributed by atoms with Crippen molar-refractivity contribution in [3.8, 4) is 5.69 Å². The minimum atomic E-state index is -0.305. The summed E-state index contributed by atoms with van der Waals surface area (Å²) < 4.78 is 2.00. The first-order valence-electron chi connectivity index (χ1n) is 8.83. The Hall–Kier alpha value is -3.41. The van der Waals surface area contributed by atoms with Crippen molar-refractivity contribution in [1.29, 1.82) is 0 Å². The number of hydrogen-bond donors (Lipinski definition) is 0. The first-order valence-corrected chi connectivity index (χ1v) is 8.83. The van der Waals surface area contributed by atoms with E-state index < -0.39 is 0 Å². The highest BCUT2D eigenvalue weighted by atomic mass is 16.2. The Kier molecular flexibility index (Phi) is 4.24. The lowest BCUT2D eigenvalue weighted by Gasteiger charge is -2.18. The molecule has 1 aliphatic heterocycles. The highest BCUT2D eigenvalue weighted by Crippen LogP contribution is 2.28. The van der Waals surface area contributed by atoms with Crippen molar-refractivity contribution in [1.82, 2.24) is 14.5 Å². The molecule has 6 nitrogen and oxygen atoms in total. The second-order valence-electron chi connectivity index (χ2n) is 6.68. The molecule has 1 aliphatic rings. The lowest BCUT2D eigenvalue weighted by Crippen LogP contribution is -2.31. The number of benzene rings is 2. The summed E-state index contributed by atoms with van der Waals surface area (Å²) in [5.41, 5.74) is 2.60. The van der Waals surface area contributed by atoms with Gasteiger partial charge < -0.3 is 9.47 Å². The van der Waals surface area contributed by atoms with Crippen molar-refractivity contribution in [2.24, 2.45) is 0 Å². The maximum atomic E-state index is 12.3. The molecule has 27 heavy (non-hydrogen) atoms. The molecule has 0 aliphatic carbocycles. The van der Waals surface area contributed by atoms with E-state index in [1.54, 1.807) is 19.3 Å². The molecule has 2 aromatic carbocycles. The van der Waals surface area contributed by atoms with Gasteiger partial charge in [-0.05, 0) is 23.8 Å². The number of aromatic nitrogens is 2. The van der Waals surface area contributed by atoms with Gasteiger partial charge in [0.05, 0.1) is 5.69 Å². The summed E-state index contributed by atoms with van der Waals surface area (Å²) in [4.78, 5) is 31.7. The number of anilines is 1. The maximum Gasteiger partial charge on any atom is 0.331 e. The summed E-state index contributed by atoms with van der Waals surface area (Å²) in [6, 6.07) is 17.3. The van der Waals surface area contributed by atoms with E-state index in [-0.39, 0.29) is 24.4 Å². The number of carbonyl (C=O) groups excluding carboxylic acids is 2. The van der Waals surface area contributed by atoms with Crippen LogP contribution in [-0.2, 0) is 4.79 Å². The Bertz CT molecular complexity index is 996. The highest BCUT2D eigenvalue weighted by Gasteiger charge is 2.34. The van der Waals surface area contributed by atoms with Gasteiger partial charge >= 0.3 is 6.03 Å². The van der Waals surface area contributed by atoms with E-state index in [1.165, 1.54) is 15.4 Å². The van der Waals surface area contributed by atoms with Gasteiger partial charge in [-0.25, -0.2) is 14.7 Å². The summed E-state index contributed by atoms with van der Waals surface area (Å²) in [5, 5.41) is 0. The van der Waals surface area contributed by atoms with E-state index in [2.05, 4.69) is 24.0 Å². The molecule has 0 radical (unpaired) electrons. The van der Waals surface area contributed by atoms with Crippen molar-refractivity contribution in [2.75, 3.05) is 18.5 Å². The molecule has 1 aromatic heterocycles. The fourth-order valence-electron chi connectivity index (χ4n) is 3.40. The van der Waals surface area contributed by atoms with Crippen molar-refractivity contribution in [3.05, 3.63) is 78.4 Å². The third kappa shape index (κ3) is 2.99. The molecule has 4 rings (SSSR count). The van der Waals surface area contributed by atoms with Gasteiger partial charge in [-0.15, -0.1) is 0 Å². The number of rotatable bonds is 4. The summed E-state index contributed by atoms with van der Waals surface area (Å²) in [6.45, 7) is 2.21. The minimum Gasteiger partial charge on any atom is -0.318 e. The normalized spacial score (nSPS) is 15.5. The number of nitrogens with zero attached hydrogens (tertiary/aromatic N) is 4. The van der Waals surface area contributed by atoms with Gasteiger partial charge in [0, 0.05) is 31.0 Å². The van der Waals surface area contributed by atoms with Gasteiger partial charge in [0.15, 0.2) is 0 Å². The molecule has 3 aromatic rings. The molecule has 1 fully saturated rings. The van der Waals surface area contributed by atoms with E-state index in [0.717, 1.165) is 11.5 Å². The second kappa shape index (κ2) is 6.72. The van der Waals surface area contributed by atoms with Gasteiger partial charge in [0.2, 0.25) is 0 Å². The fourth-order valence-corrected chi connectivity index (χ4v) is 3.40. The molecular weight excluding hydrogens is 340 g/mol. The molecule has 0 N–H and O–H groups in total. The number of carbonyl (C=O) groups is 2. The van der Waals surface area contributed by atoms with Gasteiger partial charge in [-0.3, -0.25) is 4.79 Å². The Balaban J connectivity index is 1.71. The Morgan fingerprint density at radius 2 is 1.74 bits per heavy atom. The minimum absolute atomic E-state index is 0.102. The van der Waals surface area contributed by atoms with Crippen LogP contribution in [0.4, 0.5) is 10.5 Å². The Morgan fingerprint density at radius 3 is 2.44 bits per heavy atom. The second-order valence-corrected chi connectivity index (χ2v) is 6.68. The van der Waals surface area contributed by atoms with Crippen LogP contribution in [0.3, 0.4) is 0 Å². The summed E-state index contributed by atoms with van der Waals surface area (Å²) in [6.07, 6.45) is 3.66. The number of likely N-dealkylation sites (N-methyl/N-ethyl adjacent to an activating group) is 1. The highest BCUT2D eigenvalue weighted by molar-refractivity contribution is 6.19. The molecule has 0 bridgehead atoms. The summed E-state index contributed by atoms with van der Waals surface area (Å²) in [5.74, 6) is 0.781. The third-order valence-electron chi connectivity index (χ3n) is 4.86. The van der Waals surface area contributed by atoms with Crippen LogP contribution >= 0.6 is 0 Å². The summed E-state index contributed by atoms with van der Waals surface area (Å²) in [7, 11) is 1.62. The van der Waals surface area contributed by atoms with Gasteiger partial charge in [-0.2, -0.15) is 0 Å². The van der Waals surface area contributed by atoms with Crippen molar-refractivity contribution < 1.29 is 9.59 Å². The average molecular weight is 360 g/mol. The van der Waals surface area contributed by atoms with Gasteiger partial charge in [0.1, 0.15) is 12.4 Å². The quantitative estimate of drug-likeness (QED) is 0.670. The van der Waals surface area contributed by atoms with Crippen LogP contribution in [0.1, 0.15) is 24.2 Å². The molecule has 2 heterocycles. The number of imidazole rings is 1. The smallest absolute Gasteiger partial charge is 0.318 e. The van der Waals surface area contributed by atoms with Crippen LogP contribution in [0, 0.1) is 0 Å². The molecule has 1 atom stereocenters. The first-order chi connectivity index (χ1) is 13.1. The zero-order valence-corrected chi connectivity index (χ0v) is 15.2. The van der Waals surface area contributed by atoms with E-state index in [9.17, 15) is 9.59 Å². The van der Waals surface area contributed by atoms with Crippen molar-refractivity contribution >= 4 is 17.6 Å². The van der Waals surface area contributed by atoms with Crippen molar-refractivity contribution in [2.45, 2.75) is 12.8 Å². The first kappa shape index (κ1) is 17.0. The molecule has 136 valence electrons. The molecule has 0 unspecified atom stereocenters. The van der Waals surface area contributed by atoms with Crippen LogP contribution in [0.2, 0.25) is 0 Å². The van der Waals surface area contributed by atoms with E-state index in [0.29, 0.717) is 5.69 Å². The molecule has 3 amide bonds. The molecule has 6 heteroatoms. The number of urea groups is 1. The summed E-state index contributed by atoms with van der Waals surface area (Å²) >= 11 is 0. The number of imide groups is 1. The predicted molar refractivity (Wildman–Crippen MR) is 103 cm³/mol. The van der Waals surface area contributed by atoms with Crippen LogP contribution in [0.5, 0.6) is 0 Å². The van der Waals surface area contributed by atoms with Crippen LogP contribution in [-0.4, -0.2) is 40.0 Å². The largest absolute Gasteiger partial charge is 0.331 e. The number of hydrogen-bond acceptors (Lipinski definition) is 3. The van der Waals surface area contributed by atoms with Gasteiger partial charge in [0.25, 0.3) is 5.91 Å². The molecule has 1 saturated heterocycles. The average Bonchev–Trinajstić information content (AvgIpc) is 3.27. The van der Waals surface area contributed by atoms with Crippen LogP contribution in [0.25, 0.3) is 5.69 Å². The lowest BCUT2D eigenvalue weighted by atomic mass is 10.0. The third-order valence-corrected chi connectivity index (χ3v) is 4.86.